The van der Waals surface area contributed by atoms with Crippen molar-refractivity contribution < 1.29 is 13.2 Å². The van der Waals surface area contributed by atoms with Crippen molar-refractivity contribution in [2.24, 2.45) is 5.73 Å². The Morgan fingerprint density at radius 2 is 1.67 bits per heavy atom. The second-order valence-electron chi connectivity index (χ2n) is 4.32. The zero-order valence-corrected chi connectivity index (χ0v) is 12.7. The number of carbonyl (C=O) groups is 1. The van der Waals surface area contributed by atoms with Crippen LogP contribution in [0.3, 0.4) is 0 Å². The quantitative estimate of drug-likeness (QED) is 0.942. The highest BCUT2D eigenvalue weighted by molar-refractivity contribution is 7.93. The standard InChI is InChI=1S/C14H13ClN2O3S/c1-10-6-2-5-9-13(10)21(19,20)17(14(16)18)12-8-4-3-7-11(12)15/h2-9H,1H3,(H2,16,18). The number of carbonyl (C=O) groups excluding carboxylic acids is 1. The van der Waals surface area contributed by atoms with Gasteiger partial charge in [-0.2, -0.15) is 4.31 Å². The molecule has 7 heteroatoms. The topological polar surface area (TPSA) is 80.5 Å². The normalized spacial score (nSPS) is 11.1. The SMILES string of the molecule is Cc1ccccc1S(=O)(=O)N(C(N)=O)c1ccccc1Cl. The summed E-state index contributed by atoms with van der Waals surface area (Å²) < 4.78 is 25.9. The molecule has 0 aliphatic carbocycles. The molecule has 0 saturated carbocycles. The smallest absolute Gasteiger partial charge is 0.333 e. The van der Waals surface area contributed by atoms with Crippen LogP contribution in [0.15, 0.2) is 53.4 Å². The minimum Gasteiger partial charge on any atom is -0.350 e. The Balaban J connectivity index is 2.67. The van der Waals surface area contributed by atoms with E-state index < -0.39 is 16.1 Å². The Hall–Kier alpha value is -2.05. The summed E-state index contributed by atoms with van der Waals surface area (Å²) in [7, 11) is -4.13. The second-order valence-corrected chi connectivity index (χ2v) is 6.49. The first-order valence-corrected chi connectivity index (χ1v) is 7.82. The minimum absolute atomic E-state index is 0.00344. The van der Waals surface area contributed by atoms with Gasteiger partial charge < -0.3 is 5.73 Å². The maximum Gasteiger partial charge on any atom is 0.333 e. The largest absolute Gasteiger partial charge is 0.350 e. The zero-order chi connectivity index (χ0) is 15.6. The number of urea groups is 1. The number of sulfonamides is 1. The van der Waals surface area contributed by atoms with E-state index in [9.17, 15) is 13.2 Å². The molecule has 2 N–H and O–H groups in total. The van der Waals surface area contributed by atoms with Crippen LogP contribution in [0.1, 0.15) is 5.56 Å². The molecule has 0 bridgehead atoms. The summed E-state index contributed by atoms with van der Waals surface area (Å²) in [6, 6.07) is 11.3. The van der Waals surface area contributed by atoms with E-state index in [1.54, 1.807) is 37.3 Å². The van der Waals surface area contributed by atoms with Crippen molar-refractivity contribution in [3.63, 3.8) is 0 Å². The Morgan fingerprint density at radius 3 is 2.24 bits per heavy atom. The van der Waals surface area contributed by atoms with Gasteiger partial charge in [-0.15, -0.1) is 0 Å². The fourth-order valence-electron chi connectivity index (χ4n) is 1.93. The molecular formula is C14H13ClN2O3S. The molecule has 0 heterocycles. The number of nitrogens with zero attached hydrogens (tertiary/aromatic N) is 1. The number of nitrogens with two attached hydrogens (primary N) is 1. The van der Waals surface area contributed by atoms with E-state index in [1.165, 1.54) is 18.2 Å². The number of para-hydroxylation sites is 1. The number of primary amides is 1. The lowest BCUT2D eigenvalue weighted by molar-refractivity contribution is 0.257. The van der Waals surface area contributed by atoms with Crippen LogP contribution in [-0.4, -0.2) is 14.4 Å². The number of anilines is 1. The number of rotatable bonds is 3. The molecule has 21 heavy (non-hydrogen) atoms. The van der Waals surface area contributed by atoms with Gasteiger partial charge in [0.1, 0.15) is 0 Å². The maximum absolute atomic E-state index is 12.7. The lowest BCUT2D eigenvalue weighted by atomic mass is 10.2. The van der Waals surface area contributed by atoms with Gasteiger partial charge in [-0.3, -0.25) is 0 Å². The van der Waals surface area contributed by atoms with Crippen molar-refractivity contribution >= 4 is 33.3 Å². The van der Waals surface area contributed by atoms with E-state index in [-0.39, 0.29) is 15.6 Å². The van der Waals surface area contributed by atoms with Gasteiger partial charge >= 0.3 is 6.03 Å². The van der Waals surface area contributed by atoms with Gasteiger partial charge in [0.05, 0.1) is 15.6 Å². The molecule has 0 aliphatic rings. The molecule has 2 amide bonds. The molecular weight excluding hydrogens is 312 g/mol. The summed E-state index contributed by atoms with van der Waals surface area (Å²) >= 11 is 5.98. The number of hydrogen-bond donors (Lipinski definition) is 1. The van der Waals surface area contributed by atoms with Crippen molar-refractivity contribution in [2.45, 2.75) is 11.8 Å². The molecule has 2 aromatic rings. The van der Waals surface area contributed by atoms with Gasteiger partial charge in [0.2, 0.25) is 0 Å². The van der Waals surface area contributed by atoms with Crippen LogP contribution in [0.2, 0.25) is 5.02 Å². The van der Waals surface area contributed by atoms with Crippen molar-refractivity contribution in [3.8, 4) is 0 Å². The summed E-state index contributed by atoms with van der Waals surface area (Å²) in [6.07, 6.45) is 0. The predicted molar refractivity (Wildman–Crippen MR) is 81.9 cm³/mol. The Labute approximate surface area is 128 Å². The zero-order valence-electron chi connectivity index (χ0n) is 11.2. The molecule has 2 rings (SSSR count). The molecule has 0 fully saturated rings. The number of benzene rings is 2. The Morgan fingerprint density at radius 1 is 1.10 bits per heavy atom. The van der Waals surface area contributed by atoms with Crippen LogP contribution in [0.5, 0.6) is 0 Å². The maximum atomic E-state index is 12.7. The summed E-state index contributed by atoms with van der Waals surface area (Å²) in [5.74, 6) is 0. The first-order valence-electron chi connectivity index (χ1n) is 6.00. The third-order valence-corrected chi connectivity index (χ3v) is 5.07. The summed E-state index contributed by atoms with van der Waals surface area (Å²) in [4.78, 5) is 11.7. The first-order chi connectivity index (χ1) is 9.85. The van der Waals surface area contributed by atoms with Gasteiger partial charge in [-0.05, 0) is 30.7 Å². The molecule has 0 aliphatic heterocycles. The van der Waals surface area contributed by atoms with E-state index in [2.05, 4.69) is 0 Å². The molecule has 0 aromatic heterocycles. The number of amides is 2. The van der Waals surface area contributed by atoms with Gasteiger partial charge in [-0.1, -0.05) is 41.9 Å². The van der Waals surface area contributed by atoms with Crippen LogP contribution < -0.4 is 10.0 Å². The average Bonchev–Trinajstić information content (AvgIpc) is 2.41. The van der Waals surface area contributed by atoms with Crippen LogP contribution in [0.4, 0.5) is 10.5 Å². The number of hydrogen-bond acceptors (Lipinski definition) is 3. The lowest BCUT2D eigenvalue weighted by Crippen LogP contribution is -2.41. The highest BCUT2D eigenvalue weighted by Gasteiger charge is 2.31. The summed E-state index contributed by atoms with van der Waals surface area (Å²) in [6.45, 7) is 1.64. The van der Waals surface area contributed by atoms with Crippen LogP contribution in [0, 0.1) is 6.92 Å². The molecule has 0 radical (unpaired) electrons. The van der Waals surface area contributed by atoms with Gasteiger partial charge in [-0.25, -0.2) is 13.2 Å². The highest BCUT2D eigenvalue weighted by Crippen LogP contribution is 2.31. The molecule has 0 atom stereocenters. The van der Waals surface area contributed by atoms with E-state index in [4.69, 9.17) is 17.3 Å². The molecule has 0 unspecified atom stereocenters. The summed E-state index contributed by atoms with van der Waals surface area (Å²) in [5, 5.41) is 0.119. The Bertz CT molecular complexity index is 790. The van der Waals surface area contributed by atoms with Crippen molar-refractivity contribution in [1.82, 2.24) is 0 Å². The van der Waals surface area contributed by atoms with E-state index in [0.717, 1.165) is 0 Å². The minimum atomic E-state index is -4.13. The monoisotopic (exact) mass is 324 g/mol. The summed E-state index contributed by atoms with van der Waals surface area (Å²) in [5.41, 5.74) is 5.79. The van der Waals surface area contributed by atoms with E-state index in [0.29, 0.717) is 9.87 Å². The fourth-order valence-corrected chi connectivity index (χ4v) is 3.77. The van der Waals surface area contributed by atoms with Crippen LogP contribution in [-0.2, 0) is 10.0 Å². The van der Waals surface area contributed by atoms with Gasteiger partial charge in [0, 0.05) is 0 Å². The third kappa shape index (κ3) is 2.86. The highest BCUT2D eigenvalue weighted by atomic mass is 35.5. The van der Waals surface area contributed by atoms with Crippen molar-refractivity contribution in [2.75, 3.05) is 4.31 Å². The predicted octanol–water partition coefficient (Wildman–Crippen LogP) is 2.92. The third-order valence-electron chi connectivity index (χ3n) is 2.88. The van der Waals surface area contributed by atoms with E-state index in [1.807, 2.05) is 0 Å². The molecule has 2 aromatic carbocycles. The van der Waals surface area contributed by atoms with Crippen molar-refractivity contribution in [1.29, 1.82) is 0 Å². The van der Waals surface area contributed by atoms with Crippen molar-refractivity contribution in [3.05, 3.63) is 59.1 Å². The molecule has 0 saturated heterocycles. The van der Waals surface area contributed by atoms with Crippen LogP contribution in [0.25, 0.3) is 0 Å². The van der Waals surface area contributed by atoms with Gasteiger partial charge in [0.15, 0.2) is 0 Å². The Kier molecular flexibility index (Phi) is 4.20. The molecule has 5 nitrogen and oxygen atoms in total. The number of aryl methyl sites for hydroxylation is 1. The first kappa shape index (κ1) is 15.3. The van der Waals surface area contributed by atoms with Crippen LogP contribution >= 0.6 is 11.6 Å². The average molecular weight is 325 g/mol. The molecule has 110 valence electrons. The van der Waals surface area contributed by atoms with Gasteiger partial charge in [0.25, 0.3) is 10.0 Å². The second kappa shape index (κ2) is 5.75. The molecule has 0 spiro atoms. The lowest BCUT2D eigenvalue weighted by Gasteiger charge is -2.22. The fraction of sp³-hybridized carbons (Fsp3) is 0.0714. The number of halogens is 1. The van der Waals surface area contributed by atoms with E-state index >= 15 is 0 Å².